The lowest BCUT2D eigenvalue weighted by molar-refractivity contribution is -0.139. The molecule has 1 saturated carbocycles. The fourth-order valence-corrected chi connectivity index (χ4v) is 1.90. The molecule has 0 heterocycles. The predicted octanol–water partition coefficient (Wildman–Crippen LogP) is 1.68. The van der Waals surface area contributed by atoms with Crippen LogP contribution in [0.5, 0.6) is 0 Å². The SMILES string of the molecule is CC1(CCC=O)C(=O)CCCCC1=O. The van der Waals surface area contributed by atoms with E-state index in [-0.39, 0.29) is 11.6 Å². The van der Waals surface area contributed by atoms with Gasteiger partial charge in [-0.1, -0.05) is 0 Å². The van der Waals surface area contributed by atoms with E-state index in [2.05, 4.69) is 0 Å². The van der Waals surface area contributed by atoms with Crippen molar-refractivity contribution in [1.29, 1.82) is 0 Å². The molecule has 0 aromatic rings. The molecule has 1 aliphatic carbocycles. The standard InChI is InChI=1S/C11H16O3/c1-11(7-4-8-12)9(13)5-2-3-6-10(11)14/h8H,2-7H2,1H3. The summed E-state index contributed by atoms with van der Waals surface area (Å²) in [5.74, 6) is 0.0312. The van der Waals surface area contributed by atoms with Crippen molar-refractivity contribution >= 4 is 17.9 Å². The van der Waals surface area contributed by atoms with E-state index in [1.807, 2.05) is 0 Å². The molecule has 0 aromatic carbocycles. The highest BCUT2D eigenvalue weighted by Gasteiger charge is 2.40. The Kier molecular flexibility index (Phi) is 3.55. The lowest BCUT2D eigenvalue weighted by Crippen LogP contribution is -2.35. The second-order valence-electron chi connectivity index (χ2n) is 4.09. The summed E-state index contributed by atoms with van der Waals surface area (Å²) in [6, 6.07) is 0. The minimum Gasteiger partial charge on any atom is -0.303 e. The van der Waals surface area contributed by atoms with E-state index in [1.54, 1.807) is 6.92 Å². The van der Waals surface area contributed by atoms with Crippen LogP contribution in [0.2, 0.25) is 0 Å². The number of hydrogen-bond donors (Lipinski definition) is 0. The molecule has 0 spiro atoms. The first-order chi connectivity index (χ1) is 6.61. The quantitative estimate of drug-likeness (QED) is 0.392. The van der Waals surface area contributed by atoms with E-state index < -0.39 is 5.41 Å². The largest absolute Gasteiger partial charge is 0.303 e. The maximum Gasteiger partial charge on any atom is 0.146 e. The molecule has 0 N–H and O–H groups in total. The Morgan fingerprint density at radius 3 is 2.14 bits per heavy atom. The molecule has 1 fully saturated rings. The van der Waals surface area contributed by atoms with Gasteiger partial charge in [0.2, 0.25) is 0 Å². The minimum absolute atomic E-state index is 0.0156. The molecule has 0 unspecified atom stereocenters. The fourth-order valence-electron chi connectivity index (χ4n) is 1.90. The second kappa shape index (κ2) is 4.49. The van der Waals surface area contributed by atoms with Crippen LogP contribution in [0.15, 0.2) is 0 Å². The van der Waals surface area contributed by atoms with Gasteiger partial charge in [0, 0.05) is 19.3 Å². The normalized spacial score (nSPS) is 21.8. The smallest absolute Gasteiger partial charge is 0.146 e. The van der Waals surface area contributed by atoms with Crippen LogP contribution in [-0.4, -0.2) is 17.9 Å². The van der Waals surface area contributed by atoms with Crippen molar-refractivity contribution in [2.45, 2.75) is 45.4 Å². The van der Waals surface area contributed by atoms with Gasteiger partial charge in [0.1, 0.15) is 17.9 Å². The molecular weight excluding hydrogens is 180 g/mol. The van der Waals surface area contributed by atoms with Crippen molar-refractivity contribution in [3.8, 4) is 0 Å². The van der Waals surface area contributed by atoms with E-state index in [4.69, 9.17) is 0 Å². The Hall–Kier alpha value is -0.990. The molecule has 3 nitrogen and oxygen atoms in total. The molecule has 14 heavy (non-hydrogen) atoms. The molecule has 3 heteroatoms. The Bertz CT molecular complexity index is 237. The van der Waals surface area contributed by atoms with Gasteiger partial charge >= 0.3 is 0 Å². The highest BCUT2D eigenvalue weighted by molar-refractivity contribution is 6.07. The highest BCUT2D eigenvalue weighted by Crippen LogP contribution is 2.32. The Morgan fingerprint density at radius 2 is 1.71 bits per heavy atom. The maximum atomic E-state index is 11.7. The van der Waals surface area contributed by atoms with Gasteiger partial charge in [0.05, 0.1) is 5.41 Å². The van der Waals surface area contributed by atoms with E-state index in [0.29, 0.717) is 25.7 Å². The molecule has 0 amide bonds. The molecule has 0 atom stereocenters. The molecule has 0 radical (unpaired) electrons. The lowest BCUT2D eigenvalue weighted by atomic mass is 9.76. The number of carbonyl (C=O) groups excluding carboxylic acids is 3. The molecule has 0 aliphatic heterocycles. The first kappa shape index (κ1) is 11.1. The van der Waals surface area contributed by atoms with Crippen LogP contribution in [0.1, 0.15) is 45.4 Å². The lowest BCUT2D eigenvalue weighted by Gasteiger charge is -2.23. The summed E-state index contributed by atoms with van der Waals surface area (Å²) in [5.41, 5.74) is -0.878. The molecule has 78 valence electrons. The first-order valence-corrected chi connectivity index (χ1v) is 5.11. The Labute approximate surface area is 83.9 Å². The molecule has 0 saturated heterocycles. The van der Waals surface area contributed by atoms with Crippen molar-refractivity contribution in [3.63, 3.8) is 0 Å². The van der Waals surface area contributed by atoms with Crippen molar-refractivity contribution in [3.05, 3.63) is 0 Å². The summed E-state index contributed by atoms with van der Waals surface area (Å²) in [4.78, 5) is 33.7. The monoisotopic (exact) mass is 196 g/mol. The van der Waals surface area contributed by atoms with Gasteiger partial charge < -0.3 is 4.79 Å². The van der Waals surface area contributed by atoms with E-state index >= 15 is 0 Å². The van der Waals surface area contributed by atoms with Gasteiger partial charge in [0.25, 0.3) is 0 Å². The fraction of sp³-hybridized carbons (Fsp3) is 0.727. The number of carbonyl (C=O) groups is 3. The van der Waals surface area contributed by atoms with Crippen molar-refractivity contribution in [2.75, 3.05) is 0 Å². The average molecular weight is 196 g/mol. The number of rotatable bonds is 3. The zero-order valence-corrected chi connectivity index (χ0v) is 8.54. The van der Waals surface area contributed by atoms with Crippen molar-refractivity contribution in [2.24, 2.45) is 5.41 Å². The minimum atomic E-state index is -0.878. The van der Waals surface area contributed by atoms with Gasteiger partial charge in [-0.3, -0.25) is 9.59 Å². The summed E-state index contributed by atoms with van der Waals surface area (Å²) in [5, 5.41) is 0. The maximum absolute atomic E-state index is 11.7. The second-order valence-corrected chi connectivity index (χ2v) is 4.09. The molecular formula is C11H16O3. The molecule has 1 rings (SSSR count). The predicted molar refractivity (Wildman–Crippen MR) is 51.9 cm³/mol. The summed E-state index contributed by atoms with van der Waals surface area (Å²) in [6.45, 7) is 1.69. The number of ketones is 2. The third kappa shape index (κ3) is 2.08. The van der Waals surface area contributed by atoms with Crippen molar-refractivity contribution in [1.82, 2.24) is 0 Å². The topological polar surface area (TPSA) is 51.2 Å². The van der Waals surface area contributed by atoms with Crippen LogP contribution in [0.3, 0.4) is 0 Å². The Morgan fingerprint density at radius 1 is 1.21 bits per heavy atom. The van der Waals surface area contributed by atoms with Crippen LogP contribution in [0.25, 0.3) is 0 Å². The summed E-state index contributed by atoms with van der Waals surface area (Å²) in [6.07, 6.45) is 4.05. The van der Waals surface area contributed by atoms with Gasteiger partial charge in [-0.2, -0.15) is 0 Å². The van der Waals surface area contributed by atoms with E-state index in [9.17, 15) is 14.4 Å². The number of Topliss-reactive ketones (excluding diaryl/α,β-unsaturated/α-hetero) is 2. The number of hydrogen-bond acceptors (Lipinski definition) is 3. The van der Waals surface area contributed by atoms with Gasteiger partial charge in [-0.25, -0.2) is 0 Å². The van der Waals surface area contributed by atoms with Crippen LogP contribution < -0.4 is 0 Å². The molecule has 0 aromatic heterocycles. The van der Waals surface area contributed by atoms with Crippen LogP contribution in [0, 0.1) is 5.41 Å². The van der Waals surface area contributed by atoms with Gasteiger partial charge in [-0.15, -0.1) is 0 Å². The summed E-state index contributed by atoms with van der Waals surface area (Å²) in [7, 11) is 0. The first-order valence-electron chi connectivity index (χ1n) is 5.11. The molecule has 0 bridgehead atoms. The summed E-state index contributed by atoms with van der Waals surface area (Å²) >= 11 is 0. The Balaban J connectivity index is 2.81. The third-order valence-corrected chi connectivity index (χ3v) is 3.05. The van der Waals surface area contributed by atoms with Crippen LogP contribution in [-0.2, 0) is 14.4 Å². The summed E-state index contributed by atoms with van der Waals surface area (Å²) < 4.78 is 0. The average Bonchev–Trinajstić information content (AvgIpc) is 2.29. The number of aldehydes is 1. The zero-order chi connectivity index (χ0) is 10.6. The van der Waals surface area contributed by atoms with Crippen LogP contribution >= 0.6 is 0 Å². The molecule has 1 aliphatic rings. The van der Waals surface area contributed by atoms with Gasteiger partial charge in [-0.05, 0) is 26.2 Å². The van der Waals surface area contributed by atoms with Crippen LogP contribution in [0.4, 0.5) is 0 Å². The van der Waals surface area contributed by atoms with E-state index in [1.165, 1.54) is 0 Å². The third-order valence-electron chi connectivity index (χ3n) is 3.05. The zero-order valence-electron chi connectivity index (χ0n) is 8.54. The van der Waals surface area contributed by atoms with E-state index in [0.717, 1.165) is 19.1 Å². The van der Waals surface area contributed by atoms with Crippen molar-refractivity contribution < 1.29 is 14.4 Å². The van der Waals surface area contributed by atoms with Gasteiger partial charge in [0.15, 0.2) is 0 Å². The highest BCUT2D eigenvalue weighted by atomic mass is 16.2.